The van der Waals surface area contributed by atoms with Gasteiger partial charge in [-0.15, -0.1) is 0 Å². The zero-order valence-corrected chi connectivity index (χ0v) is 30.4. The Morgan fingerprint density at radius 1 is 0.250 bits per heavy atom. The molecule has 0 aliphatic rings. The fourth-order valence-corrected chi connectivity index (χ4v) is 9.34. The molecule has 0 saturated carbocycles. The monoisotopic (exact) mass is 708 g/mol. The maximum atomic E-state index is 5.23. The fourth-order valence-electron chi connectivity index (χ4n) is 9.34. The highest BCUT2D eigenvalue weighted by atomic mass is 14.9. The first-order valence-corrected chi connectivity index (χ1v) is 19.2. The molecule has 258 valence electrons. The van der Waals surface area contributed by atoms with Crippen LogP contribution in [0.4, 0.5) is 0 Å². The van der Waals surface area contributed by atoms with Crippen molar-refractivity contribution in [2.24, 2.45) is 0 Å². The van der Waals surface area contributed by atoms with Crippen molar-refractivity contribution in [3.63, 3.8) is 0 Å². The van der Waals surface area contributed by atoms with Gasteiger partial charge in [0.15, 0.2) is 5.82 Å². The molecule has 0 aliphatic heterocycles. The van der Waals surface area contributed by atoms with E-state index in [2.05, 4.69) is 170 Å². The van der Waals surface area contributed by atoms with E-state index in [1.807, 2.05) is 24.3 Å². The Balaban J connectivity index is 1.17. The predicted octanol–water partition coefficient (Wildman–Crippen LogP) is 14.7. The van der Waals surface area contributed by atoms with E-state index in [0.29, 0.717) is 5.82 Å². The lowest BCUT2D eigenvalue weighted by Gasteiger charge is -2.19. The summed E-state index contributed by atoms with van der Waals surface area (Å²) in [6, 6.07) is 70.5. The molecule has 0 fully saturated rings. The Hall–Kier alpha value is -7.42. The highest BCUT2D eigenvalue weighted by molar-refractivity contribution is 6.38. The molecule has 0 radical (unpaired) electrons. The zero-order valence-electron chi connectivity index (χ0n) is 30.4. The van der Waals surface area contributed by atoms with Crippen molar-refractivity contribution >= 4 is 75.4 Å². The van der Waals surface area contributed by atoms with E-state index in [1.165, 1.54) is 81.1 Å². The molecule has 12 aromatic rings. The van der Waals surface area contributed by atoms with Crippen LogP contribution in [0.5, 0.6) is 0 Å². The molecule has 1 heterocycles. The molecule has 2 nitrogen and oxygen atoms in total. The van der Waals surface area contributed by atoms with Crippen molar-refractivity contribution in [2.75, 3.05) is 0 Å². The molecule has 56 heavy (non-hydrogen) atoms. The summed E-state index contributed by atoms with van der Waals surface area (Å²) >= 11 is 0. The summed E-state index contributed by atoms with van der Waals surface area (Å²) in [6.07, 6.45) is 0. The normalized spacial score (nSPS) is 11.9. The molecule has 12 rings (SSSR count). The third-order valence-electron chi connectivity index (χ3n) is 11.8. The van der Waals surface area contributed by atoms with E-state index in [1.54, 1.807) is 0 Å². The van der Waals surface area contributed by atoms with E-state index in [-0.39, 0.29) is 0 Å². The second kappa shape index (κ2) is 12.0. The van der Waals surface area contributed by atoms with Crippen LogP contribution in [-0.2, 0) is 0 Å². The van der Waals surface area contributed by atoms with Gasteiger partial charge in [0.25, 0.3) is 0 Å². The molecule has 0 saturated heterocycles. The van der Waals surface area contributed by atoms with Crippen molar-refractivity contribution < 1.29 is 0 Å². The summed E-state index contributed by atoms with van der Waals surface area (Å²) in [7, 11) is 0. The molecular weight excluding hydrogens is 677 g/mol. The Labute approximate surface area is 323 Å². The maximum absolute atomic E-state index is 5.23. The number of aromatic nitrogens is 2. The molecule has 1 aromatic heterocycles. The van der Waals surface area contributed by atoms with Gasteiger partial charge in [-0.25, -0.2) is 9.97 Å². The number of nitrogens with zero attached hydrogens (tertiary/aromatic N) is 2. The summed E-state index contributed by atoms with van der Waals surface area (Å²) in [5.41, 5.74) is 7.38. The first-order chi connectivity index (χ1) is 27.8. The van der Waals surface area contributed by atoms with E-state index in [9.17, 15) is 0 Å². The third kappa shape index (κ3) is 4.57. The van der Waals surface area contributed by atoms with Gasteiger partial charge < -0.3 is 0 Å². The van der Waals surface area contributed by atoms with E-state index >= 15 is 0 Å². The van der Waals surface area contributed by atoms with E-state index in [4.69, 9.17) is 9.97 Å². The molecule has 11 aromatic carbocycles. The van der Waals surface area contributed by atoms with Crippen molar-refractivity contribution in [1.82, 2.24) is 9.97 Å². The largest absolute Gasteiger partial charge is 0.228 e. The van der Waals surface area contributed by atoms with E-state index < -0.39 is 0 Å². The van der Waals surface area contributed by atoms with Crippen LogP contribution in [0.1, 0.15) is 0 Å². The lowest BCUT2D eigenvalue weighted by atomic mass is 9.84. The number of benzene rings is 10. The van der Waals surface area contributed by atoms with Gasteiger partial charge in [0.1, 0.15) is 0 Å². The van der Waals surface area contributed by atoms with Gasteiger partial charge in [-0.3, -0.25) is 0 Å². The lowest BCUT2D eigenvalue weighted by molar-refractivity contribution is 1.18. The second-order valence-corrected chi connectivity index (χ2v) is 14.8. The van der Waals surface area contributed by atoms with Crippen LogP contribution >= 0.6 is 0 Å². The SMILES string of the molecule is c1ccc(-c2cc(-c3ccc(-c4cc5cccc6c7cccc8ccc9cccc(c%10cccc4c%10c56)c9c87)c4ccccc34)nc(-c3ccccc3)n2)cc1. The molecule has 0 amide bonds. The summed E-state index contributed by atoms with van der Waals surface area (Å²) < 4.78 is 0. The highest BCUT2D eigenvalue weighted by Gasteiger charge is 2.20. The average Bonchev–Trinajstić information content (AvgIpc) is 3.27. The molecule has 0 atom stereocenters. The van der Waals surface area contributed by atoms with Gasteiger partial charge in [0.05, 0.1) is 11.4 Å². The number of hydrogen-bond acceptors (Lipinski definition) is 2. The van der Waals surface area contributed by atoms with Crippen LogP contribution in [0.2, 0.25) is 0 Å². The van der Waals surface area contributed by atoms with E-state index in [0.717, 1.165) is 33.5 Å². The highest BCUT2D eigenvalue weighted by Crippen LogP contribution is 2.47. The van der Waals surface area contributed by atoms with Gasteiger partial charge in [-0.2, -0.15) is 0 Å². The first-order valence-electron chi connectivity index (χ1n) is 19.2. The molecule has 0 unspecified atom stereocenters. The van der Waals surface area contributed by atoms with Crippen LogP contribution in [0, 0.1) is 0 Å². The smallest absolute Gasteiger partial charge is 0.160 e. The summed E-state index contributed by atoms with van der Waals surface area (Å²) in [5, 5.41) is 17.8. The number of rotatable bonds is 4. The van der Waals surface area contributed by atoms with Crippen LogP contribution in [0.15, 0.2) is 194 Å². The van der Waals surface area contributed by atoms with Crippen LogP contribution < -0.4 is 0 Å². The molecular formula is C54H32N2. The molecule has 0 spiro atoms. The molecule has 0 bridgehead atoms. The van der Waals surface area contributed by atoms with Crippen molar-refractivity contribution in [3.05, 3.63) is 194 Å². The summed E-state index contributed by atoms with van der Waals surface area (Å²) in [6.45, 7) is 0. The molecule has 0 N–H and O–H groups in total. The minimum Gasteiger partial charge on any atom is -0.228 e. The van der Waals surface area contributed by atoms with Gasteiger partial charge in [0, 0.05) is 16.7 Å². The minimum absolute atomic E-state index is 0.715. The standard InChI is InChI=1S/C54H32N2/c1-3-13-33(14-4-1)48-32-49(56-54(55-48)36-15-5-2-6-16-36)41-30-29-40(38-20-7-8-21-39(38)41)47-31-37-19-11-24-43-42-22-9-17-34-27-28-35-18-10-23-44(51(35)50(34)42)45-25-12-26-46(47)53(45)52(37)43/h1-32H. The molecule has 2 heteroatoms. The number of fused-ring (bicyclic) bond motifs is 3. The van der Waals surface area contributed by atoms with Gasteiger partial charge >= 0.3 is 0 Å². The number of hydrogen-bond donors (Lipinski definition) is 0. The van der Waals surface area contributed by atoms with Gasteiger partial charge in [-0.1, -0.05) is 182 Å². The van der Waals surface area contributed by atoms with Crippen LogP contribution in [0.25, 0.3) is 120 Å². The van der Waals surface area contributed by atoms with Crippen molar-refractivity contribution in [2.45, 2.75) is 0 Å². The Morgan fingerprint density at radius 3 is 1.38 bits per heavy atom. The molecule has 0 aliphatic carbocycles. The minimum atomic E-state index is 0.715. The van der Waals surface area contributed by atoms with Gasteiger partial charge in [0.2, 0.25) is 0 Å². The lowest BCUT2D eigenvalue weighted by Crippen LogP contribution is -1.97. The van der Waals surface area contributed by atoms with Gasteiger partial charge in [-0.05, 0) is 98.7 Å². The maximum Gasteiger partial charge on any atom is 0.160 e. The summed E-state index contributed by atoms with van der Waals surface area (Å²) in [5.74, 6) is 0.715. The van der Waals surface area contributed by atoms with Crippen LogP contribution in [-0.4, -0.2) is 9.97 Å². The predicted molar refractivity (Wildman–Crippen MR) is 238 cm³/mol. The Bertz CT molecular complexity index is 3460. The third-order valence-corrected chi connectivity index (χ3v) is 11.8. The first kappa shape index (κ1) is 31.0. The zero-order chi connectivity index (χ0) is 36.7. The van der Waals surface area contributed by atoms with Crippen molar-refractivity contribution in [1.29, 1.82) is 0 Å². The van der Waals surface area contributed by atoms with Crippen LogP contribution in [0.3, 0.4) is 0 Å². The average molecular weight is 709 g/mol. The Morgan fingerprint density at radius 2 is 0.714 bits per heavy atom. The van der Waals surface area contributed by atoms with Crippen molar-refractivity contribution in [3.8, 4) is 45.0 Å². The topological polar surface area (TPSA) is 25.8 Å². The summed E-state index contributed by atoms with van der Waals surface area (Å²) in [4.78, 5) is 10.3. The fraction of sp³-hybridized carbons (Fsp3) is 0. The Kier molecular flexibility index (Phi) is 6.66. The second-order valence-electron chi connectivity index (χ2n) is 14.8. The quantitative estimate of drug-likeness (QED) is 0.170.